The van der Waals surface area contributed by atoms with Crippen LogP contribution in [0, 0.1) is 0 Å². The molecule has 1 aromatic carbocycles. The van der Waals surface area contributed by atoms with Crippen molar-refractivity contribution in [1.82, 2.24) is 5.32 Å². The molecule has 1 aliphatic heterocycles. The standard InChI is InChI=1S/C17H23NO/c1-19-17(14-8-3-2-4-9-14)16-15-10-6-5-7-13(15)11-12-18-16/h2-4,8-9,16-18H,5-7,10-12H2,1H3. The van der Waals surface area contributed by atoms with Gasteiger partial charge in [0.05, 0.1) is 6.04 Å². The highest BCUT2D eigenvalue weighted by atomic mass is 16.5. The quantitative estimate of drug-likeness (QED) is 0.835. The van der Waals surface area contributed by atoms with E-state index in [-0.39, 0.29) is 6.10 Å². The van der Waals surface area contributed by atoms with Gasteiger partial charge in [0.25, 0.3) is 0 Å². The number of methoxy groups -OCH3 is 1. The first-order chi connectivity index (χ1) is 9.40. The number of hydrogen-bond acceptors (Lipinski definition) is 2. The summed E-state index contributed by atoms with van der Waals surface area (Å²) in [6, 6.07) is 11.0. The van der Waals surface area contributed by atoms with Crippen molar-refractivity contribution in [2.24, 2.45) is 0 Å². The zero-order valence-corrected chi connectivity index (χ0v) is 11.7. The van der Waals surface area contributed by atoms with Gasteiger partial charge in [0.1, 0.15) is 6.10 Å². The lowest BCUT2D eigenvalue weighted by atomic mass is 9.80. The van der Waals surface area contributed by atoms with Crippen LogP contribution in [-0.4, -0.2) is 19.7 Å². The molecule has 0 saturated carbocycles. The molecule has 0 bridgehead atoms. The van der Waals surface area contributed by atoms with E-state index in [2.05, 4.69) is 35.6 Å². The lowest BCUT2D eigenvalue weighted by molar-refractivity contribution is 0.0747. The van der Waals surface area contributed by atoms with E-state index < -0.39 is 0 Å². The van der Waals surface area contributed by atoms with E-state index in [1.54, 1.807) is 11.1 Å². The van der Waals surface area contributed by atoms with E-state index >= 15 is 0 Å². The van der Waals surface area contributed by atoms with E-state index in [1.165, 1.54) is 37.7 Å². The van der Waals surface area contributed by atoms with E-state index in [0.717, 1.165) is 6.54 Å². The predicted octanol–water partition coefficient (Wildman–Crippen LogP) is 3.61. The van der Waals surface area contributed by atoms with Crippen molar-refractivity contribution in [3.05, 3.63) is 47.0 Å². The van der Waals surface area contributed by atoms with Crippen molar-refractivity contribution in [3.63, 3.8) is 0 Å². The van der Waals surface area contributed by atoms with Crippen molar-refractivity contribution in [1.29, 1.82) is 0 Å². The molecule has 1 N–H and O–H groups in total. The summed E-state index contributed by atoms with van der Waals surface area (Å²) in [5, 5.41) is 3.68. The Hall–Kier alpha value is -1.12. The van der Waals surface area contributed by atoms with Crippen LogP contribution in [0.25, 0.3) is 0 Å². The lowest BCUT2D eigenvalue weighted by Crippen LogP contribution is -2.42. The molecule has 2 nitrogen and oxygen atoms in total. The van der Waals surface area contributed by atoms with Gasteiger partial charge in [-0.25, -0.2) is 0 Å². The SMILES string of the molecule is COC(c1ccccc1)C1NCCC2=C1CCCC2. The minimum Gasteiger partial charge on any atom is -0.375 e. The van der Waals surface area contributed by atoms with E-state index in [1.807, 2.05) is 7.11 Å². The predicted molar refractivity (Wildman–Crippen MR) is 78.1 cm³/mol. The second-order valence-corrected chi connectivity index (χ2v) is 5.58. The summed E-state index contributed by atoms with van der Waals surface area (Å²) in [5.74, 6) is 0. The smallest absolute Gasteiger partial charge is 0.101 e. The number of hydrogen-bond donors (Lipinski definition) is 1. The highest BCUT2D eigenvalue weighted by Gasteiger charge is 2.31. The van der Waals surface area contributed by atoms with Gasteiger partial charge in [0.15, 0.2) is 0 Å². The van der Waals surface area contributed by atoms with Crippen LogP contribution >= 0.6 is 0 Å². The second kappa shape index (κ2) is 5.89. The summed E-state index contributed by atoms with van der Waals surface area (Å²) >= 11 is 0. The molecule has 0 fully saturated rings. The summed E-state index contributed by atoms with van der Waals surface area (Å²) in [5.41, 5.74) is 4.61. The molecule has 2 atom stereocenters. The Labute approximate surface area is 115 Å². The fourth-order valence-corrected chi connectivity index (χ4v) is 3.55. The Balaban J connectivity index is 1.90. The molecule has 0 amide bonds. The summed E-state index contributed by atoms with van der Waals surface area (Å²) in [7, 11) is 1.83. The second-order valence-electron chi connectivity index (χ2n) is 5.58. The molecule has 0 saturated heterocycles. The third-order valence-electron chi connectivity index (χ3n) is 4.48. The van der Waals surface area contributed by atoms with E-state index in [9.17, 15) is 0 Å². The van der Waals surface area contributed by atoms with Gasteiger partial charge in [-0.05, 0) is 44.2 Å². The fraction of sp³-hybridized carbons (Fsp3) is 0.529. The average molecular weight is 257 g/mol. The molecule has 2 heteroatoms. The third kappa shape index (κ3) is 2.60. The van der Waals surface area contributed by atoms with Crippen LogP contribution in [0.5, 0.6) is 0 Å². The van der Waals surface area contributed by atoms with Gasteiger partial charge >= 0.3 is 0 Å². The molecule has 2 aliphatic rings. The van der Waals surface area contributed by atoms with Crippen LogP contribution in [0.4, 0.5) is 0 Å². The lowest BCUT2D eigenvalue weighted by Gasteiger charge is -2.37. The Kier molecular flexibility index (Phi) is 4.00. The normalized spacial score (nSPS) is 25.0. The van der Waals surface area contributed by atoms with Crippen molar-refractivity contribution >= 4 is 0 Å². The minimum absolute atomic E-state index is 0.143. The van der Waals surface area contributed by atoms with Gasteiger partial charge in [-0.1, -0.05) is 41.5 Å². The van der Waals surface area contributed by atoms with Crippen molar-refractivity contribution in [3.8, 4) is 0 Å². The van der Waals surface area contributed by atoms with Gasteiger partial charge in [-0.15, -0.1) is 0 Å². The van der Waals surface area contributed by atoms with Crippen LogP contribution < -0.4 is 5.32 Å². The van der Waals surface area contributed by atoms with E-state index in [4.69, 9.17) is 4.74 Å². The highest BCUT2D eigenvalue weighted by Crippen LogP contribution is 2.37. The zero-order valence-electron chi connectivity index (χ0n) is 11.7. The third-order valence-corrected chi connectivity index (χ3v) is 4.48. The number of rotatable bonds is 3. The molecule has 102 valence electrons. The Morgan fingerprint density at radius 2 is 1.89 bits per heavy atom. The Bertz CT molecular complexity index is 448. The summed E-state index contributed by atoms with van der Waals surface area (Å²) in [6.45, 7) is 1.09. The van der Waals surface area contributed by atoms with Crippen molar-refractivity contribution in [2.45, 2.75) is 44.2 Å². The summed E-state index contributed by atoms with van der Waals surface area (Å²) in [4.78, 5) is 0. The van der Waals surface area contributed by atoms with Gasteiger partial charge in [-0.2, -0.15) is 0 Å². The molecular formula is C17H23NO. The molecule has 0 spiro atoms. The molecule has 2 unspecified atom stereocenters. The first-order valence-electron chi connectivity index (χ1n) is 7.42. The molecule has 0 aromatic heterocycles. The minimum atomic E-state index is 0.143. The summed E-state index contributed by atoms with van der Waals surface area (Å²) < 4.78 is 5.83. The molecule has 19 heavy (non-hydrogen) atoms. The van der Waals surface area contributed by atoms with Crippen LogP contribution in [-0.2, 0) is 4.74 Å². The molecule has 1 heterocycles. The van der Waals surface area contributed by atoms with Crippen LogP contribution in [0.3, 0.4) is 0 Å². The maximum Gasteiger partial charge on any atom is 0.101 e. The molecule has 3 rings (SSSR count). The Morgan fingerprint density at radius 1 is 1.11 bits per heavy atom. The van der Waals surface area contributed by atoms with Gasteiger partial charge in [-0.3, -0.25) is 0 Å². The topological polar surface area (TPSA) is 21.3 Å². The molecule has 1 aliphatic carbocycles. The van der Waals surface area contributed by atoms with E-state index in [0.29, 0.717) is 6.04 Å². The summed E-state index contributed by atoms with van der Waals surface area (Å²) in [6.07, 6.45) is 6.64. The maximum atomic E-state index is 5.83. The first kappa shape index (κ1) is 12.9. The van der Waals surface area contributed by atoms with Crippen molar-refractivity contribution in [2.75, 3.05) is 13.7 Å². The highest BCUT2D eigenvalue weighted by molar-refractivity contribution is 5.31. The number of nitrogens with one attached hydrogen (secondary N) is 1. The molecular weight excluding hydrogens is 234 g/mol. The van der Waals surface area contributed by atoms with Gasteiger partial charge < -0.3 is 10.1 Å². The van der Waals surface area contributed by atoms with Crippen LogP contribution in [0.2, 0.25) is 0 Å². The first-order valence-corrected chi connectivity index (χ1v) is 7.42. The maximum absolute atomic E-state index is 5.83. The zero-order chi connectivity index (χ0) is 13.1. The van der Waals surface area contributed by atoms with Crippen molar-refractivity contribution < 1.29 is 4.74 Å². The van der Waals surface area contributed by atoms with Crippen LogP contribution in [0.15, 0.2) is 41.5 Å². The number of ether oxygens (including phenoxy) is 1. The van der Waals surface area contributed by atoms with Crippen LogP contribution in [0.1, 0.15) is 43.8 Å². The average Bonchev–Trinajstić information content (AvgIpc) is 2.49. The van der Waals surface area contributed by atoms with Gasteiger partial charge in [0, 0.05) is 7.11 Å². The fourth-order valence-electron chi connectivity index (χ4n) is 3.55. The number of benzene rings is 1. The molecule has 0 radical (unpaired) electrons. The Morgan fingerprint density at radius 3 is 2.68 bits per heavy atom. The van der Waals surface area contributed by atoms with Gasteiger partial charge in [0.2, 0.25) is 0 Å². The molecule has 1 aromatic rings. The monoisotopic (exact) mass is 257 g/mol. The largest absolute Gasteiger partial charge is 0.375 e.